The number of hydrogen-bond donors (Lipinski definition) is 1. The van der Waals surface area contributed by atoms with Gasteiger partial charge in [0.25, 0.3) is 0 Å². The number of nitrogens with one attached hydrogen (secondary N) is 1. The van der Waals surface area contributed by atoms with Crippen molar-refractivity contribution in [2.75, 3.05) is 19.6 Å². The maximum Gasteiger partial charge on any atom is 0.0368 e. The summed E-state index contributed by atoms with van der Waals surface area (Å²) in [6, 6.07) is 8.31. The van der Waals surface area contributed by atoms with Crippen LogP contribution in [0.3, 0.4) is 0 Å². The van der Waals surface area contributed by atoms with Gasteiger partial charge in [-0.3, -0.25) is 4.90 Å². The lowest BCUT2D eigenvalue weighted by Gasteiger charge is -2.49. The number of rotatable bonds is 0. The highest BCUT2D eigenvalue weighted by molar-refractivity contribution is 5.39. The fraction of sp³-hybridized carbons (Fsp3) is 0.647. The first-order chi connectivity index (χ1) is 9.33. The maximum atomic E-state index is 3.78. The van der Waals surface area contributed by atoms with Gasteiger partial charge in [-0.2, -0.15) is 0 Å². The van der Waals surface area contributed by atoms with E-state index >= 15 is 0 Å². The predicted octanol–water partition coefficient (Wildman–Crippen LogP) is 2.67. The van der Waals surface area contributed by atoms with Gasteiger partial charge in [0, 0.05) is 25.2 Å². The lowest BCUT2D eigenvalue weighted by molar-refractivity contribution is 0.0549. The summed E-state index contributed by atoms with van der Waals surface area (Å²) >= 11 is 0. The Kier molecular flexibility index (Phi) is 2.89. The largest absolute Gasteiger partial charge is 0.314 e. The molecule has 0 aliphatic carbocycles. The van der Waals surface area contributed by atoms with Gasteiger partial charge in [0.2, 0.25) is 0 Å². The normalized spacial score (nSPS) is 34.3. The standard InChI is InChI=1S/C17H24N2/c1-12-4-2-5-13-7-9-19-11-14-6-3-8-18-15(14)10-16(19)17(12)13/h2,4-5,14-16,18H,3,6-11H2,1H3/t14-,15+,16+/m0/s1. The molecule has 3 heterocycles. The zero-order valence-electron chi connectivity index (χ0n) is 11.9. The number of aryl methyl sites for hydroxylation is 1. The van der Waals surface area contributed by atoms with Crippen LogP contribution < -0.4 is 5.32 Å². The van der Waals surface area contributed by atoms with E-state index in [2.05, 4.69) is 35.3 Å². The van der Waals surface area contributed by atoms with Gasteiger partial charge in [0.1, 0.15) is 0 Å². The van der Waals surface area contributed by atoms with E-state index in [1.807, 2.05) is 0 Å². The number of fused-ring (bicyclic) bond motifs is 4. The van der Waals surface area contributed by atoms with Crippen LogP contribution in [-0.2, 0) is 6.42 Å². The molecule has 0 amide bonds. The average molecular weight is 256 g/mol. The minimum Gasteiger partial charge on any atom is -0.314 e. The summed E-state index contributed by atoms with van der Waals surface area (Å²) in [7, 11) is 0. The van der Waals surface area contributed by atoms with Crippen LogP contribution in [0.4, 0.5) is 0 Å². The average Bonchev–Trinajstić information content (AvgIpc) is 2.45. The fourth-order valence-electron chi connectivity index (χ4n) is 4.58. The zero-order chi connectivity index (χ0) is 12.8. The van der Waals surface area contributed by atoms with Crippen LogP contribution in [0.5, 0.6) is 0 Å². The van der Waals surface area contributed by atoms with Crippen LogP contribution in [0.25, 0.3) is 0 Å². The van der Waals surface area contributed by atoms with Crippen molar-refractivity contribution in [1.82, 2.24) is 10.2 Å². The molecule has 2 fully saturated rings. The molecule has 0 aromatic heterocycles. The van der Waals surface area contributed by atoms with Crippen LogP contribution in [0.1, 0.15) is 42.0 Å². The van der Waals surface area contributed by atoms with Gasteiger partial charge in [-0.05, 0) is 61.8 Å². The van der Waals surface area contributed by atoms with Crippen molar-refractivity contribution in [2.45, 2.75) is 44.7 Å². The molecule has 2 saturated heterocycles. The maximum absolute atomic E-state index is 3.78. The third kappa shape index (κ3) is 1.93. The monoisotopic (exact) mass is 256 g/mol. The van der Waals surface area contributed by atoms with Crippen LogP contribution in [0.15, 0.2) is 18.2 Å². The van der Waals surface area contributed by atoms with Crippen molar-refractivity contribution in [3.8, 4) is 0 Å². The highest BCUT2D eigenvalue weighted by Crippen LogP contribution is 2.41. The van der Waals surface area contributed by atoms with Gasteiger partial charge in [-0.25, -0.2) is 0 Å². The molecule has 102 valence electrons. The molecule has 0 saturated carbocycles. The summed E-state index contributed by atoms with van der Waals surface area (Å²) < 4.78 is 0. The first-order valence-electron chi connectivity index (χ1n) is 7.89. The van der Waals surface area contributed by atoms with Crippen molar-refractivity contribution in [1.29, 1.82) is 0 Å². The molecule has 4 rings (SSSR count). The first kappa shape index (κ1) is 11.9. The topological polar surface area (TPSA) is 15.3 Å². The third-order valence-electron chi connectivity index (χ3n) is 5.53. The van der Waals surface area contributed by atoms with Crippen molar-refractivity contribution in [3.05, 3.63) is 34.9 Å². The Bertz CT molecular complexity index is 482. The van der Waals surface area contributed by atoms with Crippen LogP contribution in [0, 0.1) is 12.8 Å². The molecule has 0 unspecified atom stereocenters. The molecule has 19 heavy (non-hydrogen) atoms. The van der Waals surface area contributed by atoms with E-state index in [1.54, 1.807) is 11.1 Å². The van der Waals surface area contributed by atoms with E-state index in [9.17, 15) is 0 Å². The van der Waals surface area contributed by atoms with E-state index in [0.717, 1.165) is 12.0 Å². The SMILES string of the molecule is Cc1cccc2c1[C@H]1C[C@H]3NCCC[C@H]3CN1CC2. The van der Waals surface area contributed by atoms with E-state index in [0.29, 0.717) is 6.04 Å². The van der Waals surface area contributed by atoms with E-state index in [-0.39, 0.29) is 0 Å². The Morgan fingerprint density at radius 3 is 3.21 bits per heavy atom. The molecule has 0 radical (unpaired) electrons. The second-order valence-electron chi connectivity index (χ2n) is 6.61. The van der Waals surface area contributed by atoms with Crippen molar-refractivity contribution >= 4 is 0 Å². The van der Waals surface area contributed by atoms with Crippen LogP contribution in [-0.4, -0.2) is 30.6 Å². The van der Waals surface area contributed by atoms with E-state index in [4.69, 9.17) is 0 Å². The molecule has 0 spiro atoms. The molecule has 3 aliphatic rings. The molecule has 1 aromatic rings. The Balaban J connectivity index is 1.68. The molecule has 1 aromatic carbocycles. The molecule has 3 aliphatic heterocycles. The van der Waals surface area contributed by atoms with Gasteiger partial charge in [-0.1, -0.05) is 18.2 Å². The minimum atomic E-state index is 0.678. The van der Waals surface area contributed by atoms with E-state index in [1.165, 1.54) is 50.9 Å². The van der Waals surface area contributed by atoms with Crippen molar-refractivity contribution in [2.24, 2.45) is 5.92 Å². The molecule has 3 atom stereocenters. The lowest BCUT2D eigenvalue weighted by atomic mass is 9.76. The van der Waals surface area contributed by atoms with Gasteiger partial charge in [0.15, 0.2) is 0 Å². The molecule has 2 heteroatoms. The van der Waals surface area contributed by atoms with Crippen LogP contribution in [0.2, 0.25) is 0 Å². The summed E-state index contributed by atoms with van der Waals surface area (Å²) in [6.07, 6.45) is 5.37. The summed E-state index contributed by atoms with van der Waals surface area (Å²) in [5, 5.41) is 3.78. The third-order valence-corrected chi connectivity index (χ3v) is 5.53. The van der Waals surface area contributed by atoms with Gasteiger partial charge in [-0.15, -0.1) is 0 Å². The Labute approximate surface area is 116 Å². The van der Waals surface area contributed by atoms with Crippen LogP contribution >= 0.6 is 0 Å². The minimum absolute atomic E-state index is 0.678. The van der Waals surface area contributed by atoms with Gasteiger partial charge < -0.3 is 5.32 Å². The van der Waals surface area contributed by atoms with Crippen molar-refractivity contribution in [3.63, 3.8) is 0 Å². The number of piperidine rings is 2. The van der Waals surface area contributed by atoms with E-state index < -0.39 is 0 Å². The summed E-state index contributed by atoms with van der Waals surface area (Å²) in [5.74, 6) is 0.899. The Morgan fingerprint density at radius 2 is 2.26 bits per heavy atom. The summed E-state index contributed by atoms with van der Waals surface area (Å²) in [4.78, 5) is 2.77. The molecular weight excluding hydrogens is 232 g/mol. The Hall–Kier alpha value is -0.860. The Morgan fingerprint density at radius 1 is 1.32 bits per heavy atom. The predicted molar refractivity (Wildman–Crippen MR) is 78.3 cm³/mol. The molecule has 2 nitrogen and oxygen atoms in total. The highest BCUT2D eigenvalue weighted by Gasteiger charge is 2.39. The summed E-state index contributed by atoms with van der Waals surface area (Å²) in [5.41, 5.74) is 4.76. The zero-order valence-corrected chi connectivity index (χ0v) is 11.9. The quantitative estimate of drug-likeness (QED) is 0.768. The lowest BCUT2D eigenvalue weighted by Crippen LogP contribution is -2.54. The second-order valence-corrected chi connectivity index (χ2v) is 6.61. The van der Waals surface area contributed by atoms with Gasteiger partial charge in [0.05, 0.1) is 0 Å². The molecular formula is C17H24N2. The smallest absolute Gasteiger partial charge is 0.0368 e. The van der Waals surface area contributed by atoms with Gasteiger partial charge >= 0.3 is 0 Å². The number of benzene rings is 1. The first-order valence-corrected chi connectivity index (χ1v) is 7.89. The fourth-order valence-corrected chi connectivity index (χ4v) is 4.58. The second kappa shape index (κ2) is 4.60. The van der Waals surface area contributed by atoms with Crippen molar-refractivity contribution < 1.29 is 0 Å². The molecule has 0 bridgehead atoms. The summed E-state index contributed by atoms with van der Waals surface area (Å²) in [6.45, 7) is 6.11. The number of nitrogens with zero attached hydrogens (tertiary/aromatic N) is 1. The highest BCUT2D eigenvalue weighted by atomic mass is 15.2. The molecule has 1 N–H and O–H groups in total. The number of hydrogen-bond acceptors (Lipinski definition) is 2.